The molecule has 0 aliphatic heterocycles. The summed E-state index contributed by atoms with van der Waals surface area (Å²) < 4.78 is 2.33. The van der Waals surface area contributed by atoms with Crippen LogP contribution in [0.1, 0.15) is 306 Å². The van der Waals surface area contributed by atoms with E-state index in [4.69, 9.17) is 61.3 Å². The van der Waals surface area contributed by atoms with Crippen molar-refractivity contribution in [2.45, 2.75) is 321 Å². The van der Waals surface area contributed by atoms with Gasteiger partial charge in [0.05, 0.1) is 74.8 Å². The number of nitrogens with zero attached hydrogens (tertiary/aromatic N) is 8. The molecule has 0 aromatic carbocycles. The van der Waals surface area contributed by atoms with Gasteiger partial charge in [0.25, 0.3) is 0 Å². The Morgan fingerprint density at radius 3 is 1.00 bits per heavy atom. The molecule has 0 radical (unpaired) electrons. The van der Waals surface area contributed by atoms with Crippen molar-refractivity contribution in [1.29, 1.82) is 42.1 Å². The maximum atomic E-state index is 9.22. The Hall–Kier alpha value is -1.45. The Balaban J connectivity index is -0.000000335. The van der Waals surface area contributed by atoms with E-state index in [2.05, 4.69) is 64.1 Å². The van der Waals surface area contributed by atoms with Crippen molar-refractivity contribution in [2.75, 3.05) is 28.8 Å². The highest BCUT2D eigenvalue weighted by Gasteiger charge is 2.18. The summed E-state index contributed by atoms with van der Waals surface area (Å²) in [5.41, 5.74) is 0. The van der Waals surface area contributed by atoms with Gasteiger partial charge >= 0.3 is 0 Å². The summed E-state index contributed by atoms with van der Waals surface area (Å²) in [6.07, 6.45) is 47.2. The maximum absolute atomic E-state index is 9.22. The van der Waals surface area contributed by atoms with Crippen LogP contribution in [-0.4, -0.2) is 50.2 Å². The highest BCUT2D eigenvalue weighted by molar-refractivity contribution is 8.47. The third kappa shape index (κ3) is 78.6. The number of thiocarbonyl (C=S) groups is 2. The molecule has 490 valence electrons. The Morgan fingerprint density at radius 2 is 0.686 bits per heavy atom. The molecule has 0 rings (SSSR count). The zero-order valence-corrected chi connectivity index (χ0v) is 63.0. The number of thioether (sulfide) groups is 7. The van der Waals surface area contributed by atoms with E-state index in [1.54, 1.807) is 58.8 Å². The molecule has 0 N–H and O–H groups in total. The second-order valence-corrected chi connectivity index (χ2v) is 33.2. The highest BCUT2D eigenvalue weighted by atomic mass is 32.3. The van der Waals surface area contributed by atoms with Crippen molar-refractivity contribution >= 4 is 114 Å². The van der Waals surface area contributed by atoms with Crippen molar-refractivity contribution in [3.05, 3.63) is 0 Å². The van der Waals surface area contributed by atoms with Crippen LogP contribution in [0.3, 0.4) is 0 Å². The fourth-order valence-corrected chi connectivity index (χ4v) is 16.9. The van der Waals surface area contributed by atoms with E-state index in [9.17, 15) is 5.26 Å². The summed E-state index contributed by atoms with van der Waals surface area (Å²) in [7, 11) is 0. The number of rotatable bonds is 50. The lowest BCUT2D eigenvalue weighted by Gasteiger charge is -2.18. The lowest BCUT2D eigenvalue weighted by molar-refractivity contribution is 0.563. The fraction of sp³-hybridized carbons (Fsp3) is 0.855. The summed E-state index contributed by atoms with van der Waals surface area (Å²) in [5.74, 6) is 5.49. The zero-order chi connectivity index (χ0) is 65.2. The molecule has 0 aliphatic rings. The van der Waals surface area contributed by atoms with Crippen LogP contribution in [0.25, 0.3) is 0 Å². The van der Waals surface area contributed by atoms with Gasteiger partial charge in [0.1, 0.15) is 7.06 Å². The van der Waals surface area contributed by atoms with E-state index in [0.717, 1.165) is 68.6 Å². The van der Waals surface area contributed by atoms with E-state index in [1.807, 2.05) is 70.3 Å². The smallest absolute Gasteiger partial charge is 0.105 e. The van der Waals surface area contributed by atoms with Crippen molar-refractivity contribution in [2.24, 2.45) is 23.7 Å². The van der Waals surface area contributed by atoms with Crippen molar-refractivity contribution in [3.63, 3.8) is 0 Å². The van der Waals surface area contributed by atoms with Gasteiger partial charge in [-0.05, 0) is 88.9 Å². The standard InChI is InChI=1S/C21H38N2S3.2C17H31NS3.2C7H10N2/c1-4-6-7-8-9-10-11-12-13-14-15-24-21(25-18-19(3)16-22)26-20(5-2)17-23;1-3-4-5-6-7-8-9-10-11-12-13-20-17(19)21-15-16(2)14-18;1-3-5-6-7-8-9-10-11-12-13-14-20-17(19)21-16(4-2)15-18;2*1-2-7(6-9)4-3-5-8/h19-21H,4-15,18H2,1-3H3;16H,3-13,15H2,1-2H3;16H,3-14H2,1-2H3;2*7H,2-4H2,1H3. The van der Waals surface area contributed by atoms with Gasteiger partial charge in [-0.25, -0.2) is 0 Å². The first-order valence-electron chi connectivity index (χ1n) is 33.4. The van der Waals surface area contributed by atoms with E-state index in [0.29, 0.717) is 16.8 Å². The molecule has 0 saturated heterocycles. The molecule has 7 atom stereocenters. The van der Waals surface area contributed by atoms with Crippen LogP contribution >= 0.6 is 107 Å². The summed E-state index contributed by atoms with van der Waals surface area (Å²) in [4.78, 5) is 0. The van der Waals surface area contributed by atoms with Crippen LogP contribution < -0.4 is 0 Å². The number of nitriles is 8. The van der Waals surface area contributed by atoms with Gasteiger partial charge in [-0.15, -0.1) is 70.6 Å². The van der Waals surface area contributed by atoms with Crippen LogP contribution in [0.5, 0.6) is 0 Å². The summed E-state index contributed by atoms with van der Waals surface area (Å²) in [6, 6.07) is 17.5. The van der Waals surface area contributed by atoms with E-state index in [-0.39, 0.29) is 34.2 Å². The molecule has 0 aromatic heterocycles. The number of hydrogen-bond donors (Lipinski definition) is 0. The van der Waals surface area contributed by atoms with Crippen LogP contribution in [-0.2, 0) is 0 Å². The lowest BCUT2D eigenvalue weighted by atomic mass is 10.0. The molecule has 0 aliphatic carbocycles. The van der Waals surface area contributed by atoms with Gasteiger partial charge in [-0.1, -0.05) is 258 Å². The molecule has 17 heteroatoms. The Morgan fingerprint density at radius 1 is 0.349 bits per heavy atom. The van der Waals surface area contributed by atoms with E-state index in [1.165, 1.54) is 198 Å². The Bertz CT molecular complexity index is 1800. The van der Waals surface area contributed by atoms with Gasteiger partial charge in [-0.3, -0.25) is 0 Å². The predicted molar refractivity (Wildman–Crippen MR) is 399 cm³/mol. The van der Waals surface area contributed by atoms with E-state index < -0.39 is 0 Å². The predicted octanol–water partition coefficient (Wildman–Crippen LogP) is 25.3. The minimum atomic E-state index is 0.0395. The topological polar surface area (TPSA) is 190 Å². The van der Waals surface area contributed by atoms with E-state index >= 15 is 0 Å². The number of unbranched alkanes of at least 4 members (excludes halogenated alkanes) is 27. The second kappa shape index (κ2) is 81.6. The Kier molecular flexibility index (Phi) is 88.5. The Labute approximate surface area is 572 Å². The third-order valence-electron chi connectivity index (χ3n) is 13.7. The molecule has 7 unspecified atom stereocenters. The first kappa shape index (κ1) is 93.3. The van der Waals surface area contributed by atoms with Crippen LogP contribution in [0.2, 0.25) is 0 Å². The molecule has 86 heavy (non-hydrogen) atoms. The first-order valence-corrected chi connectivity index (χ1v) is 41.1. The van der Waals surface area contributed by atoms with Gasteiger partial charge in [0.15, 0.2) is 0 Å². The lowest BCUT2D eigenvalue weighted by Crippen LogP contribution is -2.06. The third-order valence-corrected chi connectivity index (χ3v) is 24.7. The maximum Gasteiger partial charge on any atom is 0.105 e. The van der Waals surface area contributed by atoms with Gasteiger partial charge < -0.3 is 0 Å². The van der Waals surface area contributed by atoms with Crippen LogP contribution in [0.4, 0.5) is 0 Å². The quantitative estimate of drug-likeness (QED) is 0.0317. The van der Waals surface area contributed by atoms with Crippen LogP contribution in [0.15, 0.2) is 0 Å². The highest BCUT2D eigenvalue weighted by Crippen LogP contribution is 2.39. The van der Waals surface area contributed by atoms with Gasteiger partial charge in [0.2, 0.25) is 0 Å². The summed E-state index contributed by atoms with van der Waals surface area (Å²) in [5, 5.41) is 69.0. The summed E-state index contributed by atoms with van der Waals surface area (Å²) in [6.45, 7) is 18.8. The normalized spacial score (nSPS) is 12.6. The summed E-state index contributed by atoms with van der Waals surface area (Å²) >= 11 is 23.0. The molecule has 0 spiro atoms. The molecule has 0 heterocycles. The molecule has 0 bridgehead atoms. The molecule has 0 amide bonds. The van der Waals surface area contributed by atoms with Gasteiger partial charge in [0, 0.05) is 36.2 Å². The molecular weight excluding hydrogens is 1230 g/mol. The average Bonchev–Trinajstić information content (AvgIpc) is 3.58. The van der Waals surface area contributed by atoms with Gasteiger partial charge in [-0.2, -0.15) is 42.1 Å². The second-order valence-electron chi connectivity index (χ2n) is 21.8. The molecule has 0 aromatic rings. The monoisotopic (exact) mass is 1350 g/mol. The number of hydrogen-bond acceptors (Lipinski definition) is 17. The average molecular weight is 1350 g/mol. The minimum absolute atomic E-state index is 0.0395. The molecule has 0 saturated carbocycles. The van der Waals surface area contributed by atoms with Crippen LogP contribution in [0, 0.1) is 114 Å². The molecular formula is C69H120N8S9. The van der Waals surface area contributed by atoms with Crippen molar-refractivity contribution in [3.8, 4) is 48.6 Å². The first-order chi connectivity index (χ1) is 41.8. The fourth-order valence-electron chi connectivity index (χ4n) is 7.82. The minimum Gasteiger partial charge on any atom is -0.198 e. The van der Waals surface area contributed by atoms with Crippen molar-refractivity contribution < 1.29 is 0 Å². The zero-order valence-electron chi connectivity index (χ0n) is 55.7. The largest absolute Gasteiger partial charge is 0.198 e. The molecule has 8 nitrogen and oxygen atoms in total. The molecule has 0 fully saturated rings. The van der Waals surface area contributed by atoms with Crippen molar-refractivity contribution in [1.82, 2.24) is 0 Å². The SMILES string of the molecule is CCC(C#N)CCC#N.CCC(C#N)CCC#N.CCCCCCCCCCCCSC(=S)SC(C#N)CC.CCCCCCCCCCCCSC(=S)SCC(C)C#N.CCCCCCCCCCCCSC(SCC(C)C#N)SC(C#N)CC.